The summed E-state index contributed by atoms with van der Waals surface area (Å²) in [6.07, 6.45) is 5.07. The zero-order valence-corrected chi connectivity index (χ0v) is 86.8. The minimum absolute atomic E-state index is 0.0423. The van der Waals surface area contributed by atoms with Gasteiger partial charge in [0.15, 0.2) is 6.79 Å². The number of hydrogen-bond acceptors (Lipinski definition) is 24. The van der Waals surface area contributed by atoms with E-state index >= 15 is 0 Å². The van der Waals surface area contributed by atoms with Crippen LogP contribution in [0.4, 0.5) is 9.59 Å². The van der Waals surface area contributed by atoms with Crippen LogP contribution in [0.1, 0.15) is 211 Å². The van der Waals surface area contributed by atoms with E-state index in [1.807, 2.05) is 150 Å². The van der Waals surface area contributed by atoms with E-state index in [0.717, 1.165) is 87.3 Å². The van der Waals surface area contributed by atoms with Gasteiger partial charge in [-0.1, -0.05) is 230 Å². The molecule has 1 aliphatic rings. The second-order valence-electron chi connectivity index (χ2n) is 37.2. The Morgan fingerprint density at radius 2 is 0.654 bits per heavy atom. The van der Waals surface area contributed by atoms with Gasteiger partial charge in [-0.3, -0.25) is 20.9 Å². The van der Waals surface area contributed by atoms with Gasteiger partial charge in [-0.2, -0.15) is 21.0 Å². The SMILES string of the molecule is COCOc1ccccc1C(C)(C)CCOS(=O)Oc1ccc(C)cc1.Cc1ccc(OS(=O)OCCC(C)(C)c2ccccc2C)cc1.Cc1ccc(OS(=O)OCCC(C)(C)c2ccccc2O[Si](C)(C)C(C)(C)C)cc1.Cc1ccc(OS(=O)OCCC2=C(OC(=O)OC(C)(C)C)CCCC2)cc1.Cc1ccc(OS(=O)OCCc2ccccc2OC(=O)OC(C)(C)C)cc1. The van der Waals surface area contributed by atoms with Crippen molar-refractivity contribution in [2.75, 3.05) is 46.9 Å². The van der Waals surface area contributed by atoms with E-state index in [4.69, 9.17) is 74.7 Å². The summed E-state index contributed by atoms with van der Waals surface area (Å²) in [7, 11) is -0.364. The Labute approximate surface area is 804 Å². The van der Waals surface area contributed by atoms with Gasteiger partial charge in [0, 0.05) is 20.0 Å². The van der Waals surface area contributed by atoms with Crippen molar-refractivity contribution in [3.63, 3.8) is 0 Å². The molecule has 0 aromatic heterocycles. The number of ether oxygens (including phenoxy) is 6. The van der Waals surface area contributed by atoms with Crippen molar-refractivity contribution in [3.8, 4) is 46.0 Å². The molecule has 5 unspecified atom stereocenters. The summed E-state index contributed by atoms with van der Waals surface area (Å²) in [5, 5.41) is 0.123. The van der Waals surface area contributed by atoms with Crippen LogP contribution >= 0.6 is 0 Å². The molecule has 0 radical (unpaired) electrons. The van der Waals surface area contributed by atoms with Crippen molar-refractivity contribution >= 4 is 77.4 Å². The molecule has 0 fully saturated rings. The average molecular weight is 1950 g/mol. The molecule has 30 heteroatoms. The summed E-state index contributed by atoms with van der Waals surface area (Å²) < 4.78 is 151. The van der Waals surface area contributed by atoms with E-state index in [0.29, 0.717) is 92.2 Å². The second-order valence-corrected chi connectivity index (χ2v) is 46.0. The number of para-hydroxylation sites is 3. The zero-order chi connectivity index (χ0) is 98.2. The monoisotopic (exact) mass is 1950 g/mol. The number of carbonyl (C=O) groups excluding carboxylic acids is 2. The van der Waals surface area contributed by atoms with Gasteiger partial charge >= 0.3 is 69.1 Å². The van der Waals surface area contributed by atoms with Crippen LogP contribution in [0.25, 0.3) is 0 Å². The highest BCUT2D eigenvalue weighted by Crippen LogP contribution is 2.42. The lowest BCUT2D eigenvalue weighted by Gasteiger charge is -2.38. The summed E-state index contributed by atoms with van der Waals surface area (Å²) >= 11 is -9.22. The maximum absolute atomic E-state index is 12.1. The van der Waals surface area contributed by atoms with Crippen LogP contribution in [0.2, 0.25) is 18.1 Å². The predicted molar refractivity (Wildman–Crippen MR) is 531 cm³/mol. The lowest BCUT2D eigenvalue weighted by molar-refractivity contribution is 0.00391. The Balaban J connectivity index is 0.000000256. The zero-order valence-electron chi connectivity index (χ0n) is 81.7. The highest BCUT2D eigenvalue weighted by molar-refractivity contribution is 7.76. The smallest absolute Gasteiger partial charge is 0.514 e. The molecule has 1 aliphatic carbocycles. The van der Waals surface area contributed by atoms with Crippen LogP contribution in [-0.2, 0) is 119 Å². The molecule has 24 nitrogen and oxygen atoms in total. The van der Waals surface area contributed by atoms with Crippen LogP contribution in [0, 0.1) is 41.5 Å². The van der Waals surface area contributed by atoms with E-state index in [9.17, 15) is 30.6 Å². The average Bonchev–Trinajstić information content (AvgIpc) is 0.788. The van der Waals surface area contributed by atoms with Crippen molar-refractivity contribution in [1.82, 2.24) is 0 Å². The first-order chi connectivity index (χ1) is 62.6. The quantitative estimate of drug-likeness (QED) is 0.0149. The Morgan fingerprint density at radius 3 is 1.02 bits per heavy atom. The second kappa shape index (κ2) is 55.0. The molecular formula is C103H138O24S5Si. The molecule has 0 aliphatic heterocycles. The molecule has 0 saturated carbocycles. The fraction of sp³-hybridized carbons (Fsp3) is 0.437. The third kappa shape index (κ3) is 43.4. The van der Waals surface area contributed by atoms with Crippen molar-refractivity contribution in [1.29, 1.82) is 0 Å². The van der Waals surface area contributed by atoms with E-state index in [1.165, 1.54) is 11.1 Å². The molecule has 0 spiro atoms. The first-order valence-corrected chi connectivity index (χ1v) is 52.2. The van der Waals surface area contributed by atoms with Crippen molar-refractivity contribution in [3.05, 3.63) is 285 Å². The van der Waals surface area contributed by atoms with E-state index in [2.05, 4.69) is 107 Å². The van der Waals surface area contributed by atoms with Crippen LogP contribution in [0.3, 0.4) is 0 Å². The third-order valence-electron chi connectivity index (χ3n) is 21.1. The van der Waals surface area contributed by atoms with Crippen LogP contribution < -0.4 is 34.8 Å². The molecule has 10 rings (SSSR count). The lowest BCUT2D eigenvalue weighted by Crippen LogP contribution is -2.44. The number of methoxy groups -OCH3 is 1. The lowest BCUT2D eigenvalue weighted by atomic mass is 9.80. The van der Waals surface area contributed by atoms with Gasteiger partial charge < -0.3 is 53.8 Å². The summed E-state index contributed by atoms with van der Waals surface area (Å²) in [6.45, 7) is 48.3. The van der Waals surface area contributed by atoms with Gasteiger partial charge in [-0.15, -0.1) is 0 Å². The van der Waals surface area contributed by atoms with Crippen LogP contribution in [0.5, 0.6) is 46.0 Å². The maximum Gasteiger partial charge on any atom is 0.514 e. The molecule has 9 aromatic rings. The van der Waals surface area contributed by atoms with E-state index < -0.39 is 88.6 Å². The first kappa shape index (κ1) is 112. The van der Waals surface area contributed by atoms with Crippen molar-refractivity contribution in [2.45, 2.75) is 249 Å². The molecule has 0 N–H and O–H groups in total. The number of hydrogen-bond donors (Lipinski definition) is 0. The molecule has 0 bridgehead atoms. The molecule has 0 heterocycles. The highest BCUT2D eigenvalue weighted by atomic mass is 32.2. The minimum Gasteiger partial charge on any atom is -0.543 e. The molecular weight excluding hydrogens is 1810 g/mol. The number of aryl methyl sites for hydroxylation is 6. The largest absolute Gasteiger partial charge is 0.543 e. The molecule has 5 atom stereocenters. The summed E-state index contributed by atoms with van der Waals surface area (Å²) in [5.41, 5.74) is 10.3. The van der Waals surface area contributed by atoms with Gasteiger partial charge in [0.2, 0.25) is 8.32 Å². The number of rotatable bonds is 40. The van der Waals surface area contributed by atoms with Gasteiger partial charge in [0.1, 0.15) is 63.0 Å². The molecule has 0 saturated heterocycles. The van der Waals surface area contributed by atoms with Gasteiger partial charge in [0.05, 0.1) is 33.0 Å². The molecule has 9 aromatic carbocycles. The van der Waals surface area contributed by atoms with Gasteiger partial charge in [-0.05, 0) is 275 Å². The fourth-order valence-electron chi connectivity index (χ4n) is 12.5. The summed E-state index contributed by atoms with van der Waals surface area (Å²) in [5.74, 6) is 5.29. The Morgan fingerprint density at radius 1 is 0.346 bits per heavy atom. The Bertz CT molecular complexity index is 5200. The highest BCUT2D eigenvalue weighted by Gasteiger charge is 2.40. The van der Waals surface area contributed by atoms with Crippen LogP contribution in [-0.4, -0.2) is 99.8 Å². The number of benzene rings is 9. The maximum atomic E-state index is 12.1. The Hall–Kier alpha value is -9.41. The van der Waals surface area contributed by atoms with Crippen molar-refractivity contribution in [2.24, 2.45) is 0 Å². The van der Waals surface area contributed by atoms with Gasteiger partial charge in [0.25, 0.3) is 0 Å². The fourth-order valence-corrected chi connectivity index (χ4v) is 16.2. The minimum atomic E-state index is -1.95. The Kier molecular flexibility index (Phi) is 46.4. The normalized spacial score (nSPS) is 13.5. The standard InChI is InChI=1S/C24H36O4SSi.C20H28O6S.C20H24O6S.C20H26O5S.C19H24O3S/c1-19-13-15-20(16-14-19)27-29(25)26-18-17-24(5,6)21-11-9-10-12-22(21)28-30(7,8)23(2,3)4;2*1-15-9-11-17(12-10-15)26-27(22)23-14-13-16-7-5-6-8-18(16)24-19(21)25-20(2,3)4;1-16-9-11-17(12-10-16)25-26(21)24-14-13-20(2,3)18-7-5-6-8-19(18)23-15-22-4;1-15-9-11-17(12-10-15)22-23(20)21-14-13-19(3,4)18-8-6-5-7-16(18)2/h9-16H,17-18H2,1-8H3;9-12H,5-8,13-14H2,1-4H3;5-12H,13-14H2,1-4H3;5-12H,13-15H2,1-4H3;5-12H,13-14H2,1-4H3. The van der Waals surface area contributed by atoms with E-state index in [1.54, 1.807) is 128 Å². The molecule has 0 amide bonds. The van der Waals surface area contributed by atoms with Gasteiger partial charge in [-0.25, -0.2) is 9.59 Å². The van der Waals surface area contributed by atoms with Crippen LogP contribution in [0.15, 0.2) is 230 Å². The van der Waals surface area contributed by atoms with E-state index in [-0.39, 0.29) is 41.3 Å². The number of carbonyl (C=O) groups is 2. The first-order valence-electron chi connectivity index (χ1n) is 44.2. The topological polar surface area (TPSA) is 276 Å². The third-order valence-corrected chi connectivity index (χ3v) is 28.8. The predicted octanol–water partition coefficient (Wildman–Crippen LogP) is 25.4. The number of allylic oxidation sites excluding steroid dienone is 1. The molecule has 728 valence electrons. The molecule has 133 heavy (non-hydrogen) atoms. The summed E-state index contributed by atoms with van der Waals surface area (Å²) in [4.78, 5) is 23.7. The summed E-state index contributed by atoms with van der Waals surface area (Å²) in [6, 6.07) is 67.9. The van der Waals surface area contributed by atoms with Crippen molar-refractivity contribution < 1.29 is 105 Å².